The molecule has 7 nitrogen and oxygen atoms in total. The lowest BCUT2D eigenvalue weighted by molar-refractivity contribution is -0.121. The Bertz CT molecular complexity index is 927. The van der Waals surface area contributed by atoms with Crippen molar-refractivity contribution in [2.75, 3.05) is 6.54 Å². The fourth-order valence-corrected chi connectivity index (χ4v) is 3.12. The molecule has 3 rings (SSSR count). The molecule has 8 heteroatoms. The van der Waals surface area contributed by atoms with Gasteiger partial charge in [-0.25, -0.2) is 9.67 Å². The van der Waals surface area contributed by atoms with Gasteiger partial charge in [-0.05, 0) is 44.4 Å². The number of hydrogen-bond donors (Lipinski definition) is 2. The first-order valence-corrected chi connectivity index (χ1v) is 9.37. The number of rotatable bonds is 5. The Kier molecular flexibility index (Phi) is 5.36. The molecule has 0 saturated heterocycles. The predicted molar refractivity (Wildman–Crippen MR) is 105 cm³/mol. The van der Waals surface area contributed by atoms with Crippen LogP contribution in [0.4, 0.5) is 0 Å². The number of carbonyl (C=O) groups is 2. The number of para-hydroxylation sites is 1. The van der Waals surface area contributed by atoms with Gasteiger partial charge < -0.3 is 10.6 Å². The van der Waals surface area contributed by atoms with Crippen LogP contribution >= 0.6 is 11.3 Å². The van der Waals surface area contributed by atoms with Crippen molar-refractivity contribution in [2.45, 2.75) is 26.3 Å². The van der Waals surface area contributed by atoms with Crippen LogP contribution in [-0.4, -0.2) is 38.7 Å². The maximum atomic E-state index is 12.5. The molecule has 0 aliphatic rings. The molecule has 0 saturated carbocycles. The normalized spacial score (nSPS) is 11.2. The van der Waals surface area contributed by atoms with Gasteiger partial charge in [0.15, 0.2) is 5.82 Å². The molecule has 0 atom stereocenters. The van der Waals surface area contributed by atoms with Gasteiger partial charge in [-0.15, -0.1) is 16.4 Å². The fraction of sp³-hybridized carbons (Fsp3) is 0.263. The summed E-state index contributed by atoms with van der Waals surface area (Å²) in [5.74, 6) is -0.158. The van der Waals surface area contributed by atoms with Gasteiger partial charge in [0, 0.05) is 5.54 Å². The third kappa shape index (κ3) is 4.79. The molecule has 2 aromatic heterocycles. The van der Waals surface area contributed by atoms with Gasteiger partial charge in [0.05, 0.1) is 17.1 Å². The second kappa shape index (κ2) is 7.71. The highest BCUT2D eigenvalue weighted by Gasteiger charge is 2.20. The van der Waals surface area contributed by atoms with Crippen LogP contribution in [0, 0.1) is 0 Å². The van der Waals surface area contributed by atoms with Gasteiger partial charge in [0.1, 0.15) is 0 Å². The summed E-state index contributed by atoms with van der Waals surface area (Å²) in [6, 6.07) is 13.3. The molecule has 2 amide bonds. The smallest absolute Gasteiger partial charge is 0.291 e. The Morgan fingerprint density at radius 2 is 1.85 bits per heavy atom. The van der Waals surface area contributed by atoms with E-state index in [9.17, 15) is 9.59 Å². The summed E-state index contributed by atoms with van der Waals surface area (Å²) in [4.78, 5) is 29.7. The fourth-order valence-electron chi connectivity index (χ4n) is 2.42. The van der Waals surface area contributed by atoms with Crippen molar-refractivity contribution in [3.63, 3.8) is 0 Å². The quantitative estimate of drug-likeness (QED) is 0.709. The largest absolute Gasteiger partial charge is 0.350 e. The Labute approximate surface area is 161 Å². The van der Waals surface area contributed by atoms with E-state index < -0.39 is 5.91 Å². The van der Waals surface area contributed by atoms with Crippen molar-refractivity contribution >= 4 is 23.2 Å². The molecule has 140 valence electrons. The third-order valence-electron chi connectivity index (χ3n) is 3.48. The topological polar surface area (TPSA) is 88.9 Å². The van der Waals surface area contributed by atoms with Crippen LogP contribution in [0.2, 0.25) is 0 Å². The molecule has 0 aliphatic heterocycles. The van der Waals surface area contributed by atoms with Crippen LogP contribution in [0.3, 0.4) is 0 Å². The molecule has 0 fully saturated rings. The van der Waals surface area contributed by atoms with Crippen molar-refractivity contribution in [1.82, 2.24) is 25.4 Å². The molecular formula is C19H21N5O2S. The molecular weight excluding hydrogens is 362 g/mol. The van der Waals surface area contributed by atoms with Crippen LogP contribution in [0.15, 0.2) is 47.8 Å². The highest BCUT2D eigenvalue weighted by atomic mass is 32.1. The van der Waals surface area contributed by atoms with Crippen LogP contribution in [0.5, 0.6) is 0 Å². The highest BCUT2D eigenvalue weighted by Crippen LogP contribution is 2.25. The first-order chi connectivity index (χ1) is 12.8. The monoisotopic (exact) mass is 383 g/mol. The molecule has 0 spiro atoms. The first-order valence-electron chi connectivity index (χ1n) is 8.49. The Morgan fingerprint density at radius 3 is 2.48 bits per heavy atom. The summed E-state index contributed by atoms with van der Waals surface area (Å²) in [5.41, 5.74) is 0.444. The minimum atomic E-state index is -0.494. The Balaban J connectivity index is 1.82. The van der Waals surface area contributed by atoms with E-state index in [-0.39, 0.29) is 23.8 Å². The average molecular weight is 383 g/mol. The van der Waals surface area contributed by atoms with E-state index in [2.05, 4.69) is 20.7 Å². The first kappa shape index (κ1) is 18.8. The summed E-state index contributed by atoms with van der Waals surface area (Å²) in [6.07, 6.45) is 0. The van der Waals surface area contributed by atoms with Crippen molar-refractivity contribution < 1.29 is 9.59 Å². The molecule has 0 radical (unpaired) electrons. The van der Waals surface area contributed by atoms with Crippen molar-refractivity contribution in [1.29, 1.82) is 0 Å². The lowest BCUT2D eigenvalue weighted by atomic mass is 10.1. The number of nitrogens with one attached hydrogen (secondary N) is 2. The number of aromatic nitrogens is 3. The highest BCUT2D eigenvalue weighted by molar-refractivity contribution is 7.13. The summed E-state index contributed by atoms with van der Waals surface area (Å²) in [6.45, 7) is 5.50. The van der Waals surface area contributed by atoms with Gasteiger partial charge in [0.25, 0.3) is 5.91 Å². The maximum absolute atomic E-state index is 12.5. The van der Waals surface area contributed by atoms with E-state index in [4.69, 9.17) is 0 Å². The second-order valence-electron chi connectivity index (χ2n) is 6.96. The zero-order valence-corrected chi connectivity index (χ0v) is 16.2. The molecule has 1 aromatic carbocycles. The number of thiophene rings is 1. The van der Waals surface area contributed by atoms with Crippen molar-refractivity contribution in [3.05, 3.63) is 53.7 Å². The van der Waals surface area contributed by atoms with Crippen LogP contribution in [0.25, 0.3) is 16.4 Å². The molecule has 0 aliphatic carbocycles. The predicted octanol–water partition coefficient (Wildman–Crippen LogP) is 2.64. The minimum absolute atomic E-state index is 0.0193. The number of nitrogens with zero attached hydrogens (tertiary/aromatic N) is 3. The molecule has 3 aromatic rings. The summed E-state index contributed by atoms with van der Waals surface area (Å²) < 4.78 is 1.63. The van der Waals surface area contributed by atoms with Gasteiger partial charge in [-0.2, -0.15) is 0 Å². The van der Waals surface area contributed by atoms with E-state index in [0.717, 1.165) is 10.6 Å². The minimum Gasteiger partial charge on any atom is -0.350 e. The van der Waals surface area contributed by atoms with Gasteiger partial charge in [-0.1, -0.05) is 24.3 Å². The zero-order valence-electron chi connectivity index (χ0n) is 15.4. The Morgan fingerprint density at radius 1 is 1.11 bits per heavy atom. The molecule has 27 heavy (non-hydrogen) atoms. The molecule has 0 unspecified atom stereocenters. The molecule has 2 heterocycles. The zero-order chi connectivity index (χ0) is 19.4. The molecule has 2 N–H and O–H groups in total. The number of amides is 2. The average Bonchev–Trinajstić information content (AvgIpc) is 3.28. The second-order valence-corrected chi connectivity index (χ2v) is 7.91. The Hall–Kier alpha value is -3.00. The van der Waals surface area contributed by atoms with Crippen molar-refractivity contribution in [2.24, 2.45) is 0 Å². The van der Waals surface area contributed by atoms with E-state index in [1.807, 2.05) is 68.6 Å². The van der Waals surface area contributed by atoms with Crippen molar-refractivity contribution in [3.8, 4) is 16.4 Å². The number of benzene rings is 1. The lowest BCUT2D eigenvalue weighted by Crippen LogP contribution is -2.46. The van der Waals surface area contributed by atoms with Gasteiger partial charge >= 0.3 is 0 Å². The lowest BCUT2D eigenvalue weighted by Gasteiger charge is -2.20. The number of carbonyl (C=O) groups excluding carboxylic acids is 2. The number of hydrogen-bond acceptors (Lipinski definition) is 5. The molecule has 0 bridgehead atoms. The summed E-state index contributed by atoms with van der Waals surface area (Å²) in [7, 11) is 0. The van der Waals surface area contributed by atoms with E-state index >= 15 is 0 Å². The van der Waals surface area contributed by atoms with Gasteiger partial charge in [-0.3, -0.25) is 9.59 Å². The van der Waals surface area contributed by atoms with E-state index in [1.165, 1.54) is 11.3 Å². The van der Waals surface area contributed by atoms with E-state index in [0.29, 0.717) is 5.82 Å². The SMILES string of the molecule is CC(C)(C)NC(=O)CNC(=O)c1nc(-c2cccs2)n(-c2ccccc2)n1. The van der Waals surface area contributed by atoms with Gasteiger partial charge in [0.2, 0.25) is 11.7 Å². The van der Waals surface area contributed by atoms with Crippen LogP contribution in [0.1, 0.15) is 31.4 Å². The third-order valence-corrected chi connectivity index (χ3v) is 4.34. The summed E-state index contributed by atoms with van der Waals surface area (Å²) in [5, 5.41) is 11.7. The standard InChI is InChI=1S/C19H21N5O2S/c1-19(2,3)22-15(25)12-20-18(26)16-21-17(14-10-7-11-27-14)24(23-16)13-8-5-4-6-9-13/h4-11H,12H2,1-3H3,(H,20,26)(H,22,25). The van der Waals surface area contributed by atoms with E-state index in [1.54, 1.807) is 4.68 Å². The van der Waals surface area contributed by atoms with Crippen LogP contribution in [-0.2, 0) is 4.79 Å². The maximum Gasteiger partial charge on any atom is 0.291 e. The summed E-state index contributed by atoms with van der Waals surface area (Å²) >= 11 is 1.52. The van der Waals surface area contributed by atoms with Crippen LogP contribution < -0.4 is 10.6 Å².